The average molecular weight is 112 g/mol. The zero-order valence-electron chi connectivity index (χ0n) is 4.54. The van der Waals surface area contributed by atoms with Crippen molar-refractivity contribution in [2.24, 2.45) is 0 Å². The van der Waals surface area contributed by atoms with Crippen LogP contribution in [0.5, 0.6) is 0 Å². The van der Waals surface area contributed by atoms with Crippen LogP contribution in [0.2, 0.25) is 0 Å². The minimum Gasteiger partial charge on any atom is -0.313 e. The standard InChI is InChI=1S/C5H8N2O/c6-4-5-2-1-3-7(5)8/h5,8H,1-3H2. The molecule has 1 N–H and O–H groups in total. The van der Waals surface area contributed by atoms with Gasteiger partial charge in [0.2, 0.25) is 0 Å². The van der Waals surface area contributed by atoms with E-state index in [9.17, 15) is 0 Å². The second-order valence-electron chi connectivity index (χ2n) is 1.95. The molecule has 1 aliphatic heterocycles. The molecular weight excluding hydrogens is 104 g/mol. The highest BCUT2D eigenvalue weighted by Crippen LogP contribution is 2.12. The number of hydroxylamine groups is 2. The Labute approximate surface area is 48.1 Å². The van der Waals surface area contributed by atoms with Crippen molar-refractivity contribution in [3.8, 4) is 6.07 Å². The van der Waals surface area contributed by atoms with Gasteiger partial charge in [0.25, 0.3) is 0 Å². The molecule has 0 bridgehead atoms. The predicted molar refractivity (Wildman–Crippen MR) is 27.1 cm³/mol. The van der Waals surface area contributed by atoms with E-state index in [0.717, 1.165) is 17.9 Å². The lowest BCUT2D eigenvalue weighted by molar-refractivity contribution is -0.0871. The van der Waals surface area contributed by atoms with Crippen LogP contribution in [0.4, 0.5) is 0 Å². The minimum absolute atomic E-state index is 0.241. The monoisotopic (exact) mass is 112 g/mol. The van der Waals surface area contributed by atoms with Gasteiger partial charge in [0, 0.05) is 6.54 Å². The third-order valence-corrected chi connectivity index (χ3v) is 1.37. The highest BCUT2D eigenvalue weighted by atomic mass is 16.5. The number of nitrogens with zero attached hydrogens (tertiary/aromatic N) is 2. The molecule has 0 amide bonds. The molecule has 3 nitrogen and oxygen atoms in total. The second-order valence-corrected chi connectivity index (χ2v) is 1.95. The average Bonchev–Trinajstić information content (AvgIpc) is 2.14. The van der Waals surface area contributed by atoms with Gasteiger partial charge in [-0.2, -0.15) is 10.3 Å². The molecule has 3 heteroatoms. The van der Waals surface area contributed by atoms with Crippen molar-refractivity contribution in [1.29, 1.82) is 5.26 Å². The van der Waals surface area contributed by atoms with E-state index < -0.39 is 0 Å². The van der Waals surface area contributed by atoms with Crippen LogP contribution in [-0.4, -0.2) is 22.9 Å². The first-order valence-corrected chi connectivity index (χ1v) is 2.69. The Hall–Kier alpha value is -0.590. The van der Waals surface area contributed by atoms with Crippen molar-refractivity contribution in [1.82, 2.24) is 5.06 Å². The molecule has 1 saturated heterocycles. The van der Waals surface area contributed by atoms with Gasteiger partial charge in [-0.3, -0.25) is 0 Å². The van der Waals surface area contributed by atoms with Crippen molar-refractivity contribution < 1.29 is 5.21 Å². The topological polar surface area (TPSA) is 47.3 Å². The van der Waals surface area contributed by atoms with Crippen molar-refractivity contribution in [2.75, 3.05) is 6.54 Å². The Morgan fingerprint density at radius 3 is 2.75 bits per heavy atom. The van der Waals surface area contributed by atoms with Gasteiger partial charge in [0.15, 0.2) is 0 Å². The fourth-order valence-electron chi connectivity index (χ4n) is 0.883. The molecule has 1 atom stereocenters. The Balaban J connectivity index is 2.45. The minimum atomic E-state index is -0.241. The first-order valence-electron chi connectivity index (χ1n) is 2.69. The fraction of sp³-hybridized carbons (Fsp3) is 0.800. The highest BCUT2D eigenvalue weighted by molar-refractivity contribution is 4.92. The van der Waals surface area contributed by atoms with E-state index in [0.29, 0.717) is 6.54 Å². The van der Waals surface area contributed by atoms with Crippen molar-refractivity contribution in [2.45, 2.75) is 18.9 Å². The van der Waals surface area contributed by atoms with Crippen molar-refractivity contribution in [3.63, 3.8) is 0 Å². The van der Waals surface area contributed by atoms with Crippen LogP contribution < -0.4 is 0 Å². The molecule has 0 aromatic heterocycles. The first kappa shape index (κ1) is 5.54. The Kier molecular flexibility index (Phi) is 1.47. The number of hydrogen-bond acceptors (Lipinski definition) is 3. The van der Waals surface area contributed by atoms with Gasteiger partial charge in [0.1, 0.15) is 6.04 Å². The summed E-state index contributed by atoms with van der Waals surface area (Å²) in [5, 5.41) is 18.2. The third kappa shape index (κ3) is 0.808. The molecule has 44 valence electrons. The van der Waals surface area contributed by atoms with Crippen LogP contribution in [0.15, 0.2) is 0 Å². The summed E-state index contributed by atoms with van der Waals surface area (Å²) in [5.74, 6) is 0. The molecule has 1 fully saturated rings. The van der Waals surface area contributed by atoms with Crippen LogP contribution in [0.25, 0.3) is 0 Å². The summed E-state index contributed by atoms with van der Waals surface area (Å²) in [7, 11) is 0. The third-order valence-electron chi connectivity index (χ3n) is 1.37. The lowest BCUT2D eigenvalue weighted by Crippen LogP contribution is -2.23. The molecule has 8 heavy (non-hydrogen) atoms. The predicted octanol–water partition coefficient (Wildman–Crippen LogP) is 0.364. The zero-order chi connectivity index (χ0) is 5.98. The van der Waals surface area contributed by atoms with Crippen LogP contribution in [0, 0.1) is 11.3 Å². The van der Waals surface area contributed by atoms with Gasteiger partial charge >= 0.3 is 0 Å². The van der Waals surface area contributed by atoms with Gasteiger partial charge in [-0.1, -0.05) is 0 Å². The van der Waals surface area contributed by atoms with E-state index in [-0.39, 0.29) is 6.04 Å². The summed E-state index contributed by atoms with van der Waals surface area (Å²) in [6.07, 6.45) is 1.75. The Bertz CT molecular complexity index is 118. The molecule has 0 aromatic carbocycles. The molecule has 0 saturated carbocycles. The van der Waals surface area contributed by atoms with Gasteiger partial charge in [0.05, 0.1) is 6.07 Å². The van der Waals surface area contributed by atoms with Crippen LogP contribution >= 0.6 is 0 Å². The summed E-state index contributed by atoms with van der Waals surface area (Å²) in [6, 6.07) is 1.75. The molecule has 1 aliphatic rings. The van der Waals surface area contributed by atoms with Gasteiger partial charge in [-0.05, 0) is 12.8 Å². The summed E-state index contributed by atoms with van der Waals surface area (Å²) in [5.41, 5.74) is 0. The lowest BCUT2D eigenvalue weighted by atomic mass is 10.2. The molecular formula is C5H8N2O. The van der Waals surface area contributed by atoms with Crippen molar-refractivity contribution in [3.05, 3.63) is 0 Å². The van der Waals surface area contributed by atoms with E-state index >= 15 is 0 Å². The molecule has 0 aliphatic carbocycles. The van der Waals surface area contributed by atoms with E-state index in [4.69, 9.17) is 10.5 Å². The van der Waals surface area contributed by atoms with E-state index in [2.05, 4.69) is 0 Å². The summed E-state index contributed by atoms with van der Waals surface area (Å²) < 4.78 is 0. The zero-order valence-corrected chi connectivity index (χ0v) is 4.54. The maximum Gasteiger partial charge on any atom is 0.122 e. The molecule has 1 heterocycles. The summed E-state index contributed by atoms with van der Waals surface area (Å²) >= 11 is 0. The number of hydrogen-bond donors (Lipinski definition) is 1. The molecule has 1 rings (SSSR count). The summed E-state index contributed by atoms with van der Waals surface area (Å²) in [4.78, 5) is 0. The molecule has 0 aromatic rings. The number of rotatable bonds is 0. The quantitative estimate of drug-likeness (QED) is 0.492. The lowest BCUT2D eigenvalue weighted by Gasteiger charge is -2.07. The molecule has 0 radical (unpaired) electrons. The normalized spacial score (nSPS) is 30.2. The fourth-order valence-corrected chi connectivity index (χ4v) is 0.883. The SMILES string of the molecule is N#CC1CCCN1O. The van der Waals surface area contributed by atoms with Crippen LogP contribution in [-0.2, 0) is 0 Å². The van der Waals surface area contributed by atoms with E-state index in [1.807, 2.05) is 6.07 Å². The Morgan fingerprint density at radius 2 is 2.50 bits per heavy atom. The van der Waals surface area contributed by atoms with Gasteiger partial charge < -0.3 is 5.21 Å². The van der Waals surface area contributed by atoms with Crippen molar-refractivity contribution >= 4 is 0 Å². The number of nitriles is 1. The maximum absolute atomic E-state index is 8.80. The first-order chi connectivity index (χ1) is 3.84. The largest absolute Gasteiger partial charge is 0.313 e. The van der Waals surface area contributed by atoms with Crippen LogP contribution in [0.1, 0.15) is 12.8 Å². The molecule has 1 unspecified atom stereocenters. The van der Waals surface area contributed by atoms with Gasteiger partial charge in [-0.25, -0.2) is 0 Å². The summed E-state index contributed by atoms with van der Waals surface area (Å²) in [6.45, 7) is 0.651. The van der Waals surface area contributed by atoms with E-state index in [1.165, 1.54) is 0 Å². The van der Waals surface area contributed by atoms with Gasteiger partial charge in [-0.15, -0.1) is 0 Å². The second kappa shape index (κ2) is 2.12. The highest BCUT2D eigenvalue weighted by Gasteiger charge is 2.21. The van der Waals surface area contributed by atoms with E-state index in [1.54, 1.807) is 0 Å². The van der Waals surface area contributed by atoms with Crippen LogP contribution in [0.3, 0.4) is 0 Å². The molecule has 0 spiro atoms. The maximum atomic E-state index is 8.80. The smallest absolute Gasteiger partial charge is 0.122 e. The Morgan fingerprint density at radius 1 is 1.75 bits per heavy atom.